The van der Waals surface area contributed by atoms with Gasteiger partial charge in [0.25, 0.3) is 0 Å². The normalized spacial score (nSPS) is 10.9. The highest BCUT2D eigenvalue weighted by Crippen LogP contribution is 2.59. The molecule has 10 rings (SSSR count). The van der Waals surface area contributed by atoms with Crippen LogP contribution in [0, 0.1) is 0 Å². The average Bonchev–Trinajstić information content (AvgIpc) is 3.45. The van der Waals surface area contributed by atoms with E-state index in [2.05, 4.69) is 243 Å². The Morgan fingerprint density at radius 3 is 0.694 bits per heavy atom. The topological polar surface area (TPSA) is 74.6 Å². The first-order valence-corrected chi connectivity index (χ1v) is 29.6. The molecule has 0 saturated carbocycles. The average molecular weight is 1010 g/mol. The van der Waals surface area contributed by atoms with Crippen molar-refractivity contribution >= 4 is 79.9 Å². The first kappa shape index (κ1) is 51.1. The fraction of sp³-hybridized carbons (Fsp3) is 0.0312. The van der Waals surface area contributed by atoms with Crippen molar-refractivity contribution in [2.24, 2.45) is 0 Å². The number of aromatic carboxylic acids is 2. The molecule has 8 heteroatoms. The van der Waals surface area contributed by atoms with Crippen LogP contribution in [0.25, 0.3) is 0 Å². The molecular formula is C64H54O4P2S2+2. The molecule has 0 bridgehead atoms. The molecule has 354 valence electrons. The van der Waals surface area contributed by atoms with Crippen LogP contribution in [0.5, 0.6) is 0 Å². The van der Waals surface area contributed by atoms with Crippen molar-refractivity contribution in [1.82, 2.24) is 0 Å². The fourth-order valence-corrected chi connectivity index (χ4v) is 19.6. The third-order valence-electron chi connectivity index (χ3n) is 12.2. The first-order chi connectivity index (χ1) is 35.4. The van der Waals surface area contributed by atoms with E-state index in [1.807, 2.05) is 0 Å². The number of carboxylic acids is 2. The molecular weight excluding hydrogens is 959 g/mol. The Labute approximate surface area is 432 Å². The summed E-state index contributed by atoms with van der Waals surface area (Å²) >= 11 is 0. The van der Waals surface area contributed by atoms with Gasteiger partial charge >= 0.3 is 11.9 Å². The van der Waals surface area contributed by atoms with Crippen molar-refractivity contribution in [3.63, 3.8) is 0 Å². The van der Waals surface area contributed by atoms with E-state index in [0.717, 1.165) is 12.3 Å². The van der Waals surface area contributed by atoms with E-state index < -0.39 is 26.5 Å². The number of benzene rings is 10. The predicted octanol–water partition coefficient (Wildman–Crippen LogP) is 14.2. The summed E-state index contributed by atoms with van der Waals surface area (Å²) < 4.78 is 0. The second-order valence-corrected chi connectivity index (χ2v) is 25.9. The van der Waals surface area contributed by atoms with Gasteiger partial charge in [0.15, 0.2) is 0 Å². The summed E-state index contributed by atoms with van der Waals surface area (Å²) in [4.78, 5) is 23.4. The van der Waals surface area contributed by atoms with Crippen molar-refractivity contribution < 1.29 is 19.8 Å². The van der Waals surface area contributed by atoms with Crippen molar-refractivity contribution in [3.05, 3.63) is 313 Å². The minimum Gasteiger partial charge on any atom is -0.478 e. The Morgan fingerprint density at radius 2 is 0.472 bits per heavy atom. The van der Waals surface area contributed by atoms with E-state index in [1.165, 1.54) is 76.7 Å². The zero-order valence-corrected chi connectivity index (χ0v) is 43.0. The van der Waals surface area contributed by atoms with E-state index >= 15 is 0 Å². The van der Waals surface area contributed by atoms with Crippen LogP contribution < -0.4 is 31.8 Å². The molecule has 0 amide bonds. The Morgan fingerprint density at radius 1 is 0.278 bits per heavy atom. The van der Waals surface area contributed by atoms with Crippen LogP contribution in [0.1, 0.15) is 31.8 Å². The van der Waals surface area contributed by atoms with Gasteiger partial charge in [-0.3, -0.25) is 0 Å². The molecule has 0 spiro atoms. The number of carboxylic acid groups (broad SMARTS) is 2. The maximum atomic E-state index is 11.1. The van der Waals surface area contributed by atoms with Crippen LogP contribution in [-0.2, 0) is 12.3 Å². The molecule has 4 nitrogen and oxygen atoms in total. The van der Waals surface area contributed by atoms with Gasteiger partial charge in [0, 0.05) is 9.79 Å². The minimum atomic E-state index is -1.78. The maximum absolute atomic E-state index is 11.1. The molecule has 0 unspecified atom stereocenters. The van der Waals surface area contributed by atoms with E-state index in [-0.39, 0.29) is 11.1 Å². The van der Waals surface area contributed by atoms with Crippen LogP contribution in [0.2, 0.25) is 0 Å². The van der Waals surface area contributed by atoms with Gasteiger partial charge < -0.3 is 10.2 Å². The molecule has 10 aromatic carbocycles. The van der Waals surface area contributed by atoms with Crippen molar-refractivity contribution in [3.8, 4) is 0 Å². The highest BCUT2D eigenvalue weighted by Gasteiger charge is 2.46. The van der Waals surface area contributed by atoms with Gasteiger partial charge in [0.2, 0.25) is 0 Å². The maximum Gasteiger partial charge on any atom is 0.336 e. The summed E-state index contributed by atoms with van der Waals surface area (Å²) in [5, 5.41) is 26.8. The highest BCUT2D eigenvalue weighted by molar-refractivity contribution is 8.76. The minimum absolute atomic E-state index is 0.206. The first-order valence-electron chi connectivity index (χ1n) is 23.6. The van der Waals surface area contributed by atoms with Crippen LogP contribution >= 0.6 is 36.1 Å². The Kier molecular flexibility index (Phi) is 18.2. The van der Waals surface area contributed by atoms with Crippen LogP contribution in [-0.4, -0.2) is 22.2 Å². The standard InChI is InChI=1S/2C25H22P.C14H10O4S2/c2*1-5-13-22(14-6-1)21-26(23-15-7-2-8-16-23,24-17-9-3-10-18-24)25-19-11-4-12-20-25;15-13(16)9-5-1-3-7-11(9)19-20-12-8-4-2-6-10(12)14(17)18/h2*1-20H,21H2;1-8H,(H,15,16)(H,17,18)/q2*+1;. The van der Waals surface area contributed by atoms with E-state index in [0.29, 0.717) is 9.79 Å². The Bertz CT molecular complexity index is 2810. The molecule has 0 radical (unpaired) electrons. The van der Waals surface area contributed by atoms with Gasteiger partial charge in [-0.2, -0.15) is 0 Å². The molecule has 0 atom stereocenters. The van der Waals surface area contributed by atoms with Gasteiger partial charge in [-0.25, -0.2) is 9.59 Å². The highest BCUT2D eigenvalue weighted by atomic mass is 33.1. The lowest BCUT2D eigenvalue weighted by atomic mass is 10.2. The van der Waals surface area contributed by atoms with Gasteiger partial charge in [0.1, 0.15) is 46.4 Å². The molecule has 0 aliphatic carbocycles. The van der Waals surface area contributed by atoms with Crippen molar-refractivity contribution in [1.29, 1.82) is 0 Å². The summed E-state index contributed by atoms with van der Waals surface area (Å²) in [6.07, 6.45) is 2.07. The Hall–Kier alpha value is -7.30. The third-order valence-corrected chi connectivity index (χ3v) is 23.4. The van der Waals surface area contributed by atoms with Crippen molar-refractivity contribution in [2.45, 2.75) is 22.1 Å². The predicted molar refractivity (Wildman–Crippen MR) is 309 cm³/mol. The number of carbonyl (C=O) groups is 2. The molecule has 2 N–H and O–H groups in total. The molecule has 0 aliphatic heterocycles. The summed E-state index contributed by atoms with van der Waals surface area (Å²) in [5.41, 5.74) is 3.19. The fourth-order valence-electron chi connectivity index (χ4n) is 8.77. The van der Waals surface area contributed by atoms with Gasteiger partial charge in [-0.15, -0.1) is 0 Å². The zero-order chi connectivity index (χ0) is 49.9. The second-order valence-electron chi connectivity index (χ2n) is 16.7. The molecule has 0 fully saturated rings. The molecule has 10 aromatic rings. The lowest BCUT2D eigenvalue weighted by Crippen LogP contribution is -2.32. The summed E-state index contributed by atoms with van der Waals surface area (Å²) in [6, 6.07) is 101. The lowest BCUT2D eigenvalue weighted by Gasteiger charge is -2.27. The van der Waals surface area contributed by atoms with Crippen LogP contribution in [0.3, 0.4) is 0 Å². The number of rotatable bonds is 15. The van der Waals surface area contributed by atoms with Crippen LogP contribution in [0.15, 0.2) is 301 Å². The van der Waals surface area contributed by atoms with Gasteiger partial charge in [-0.05, 0) is 108 Å². The Balaban J connectivity index is 0.000000146. The second kappa shape index (κ2) is 25.7. The molecule has 0 aliphatic rings. The van der Waals surface area contributed by atoms with Crippen molar-refractivity contribution in [2.75, 3.05) is 0 Å². The lowest BCUT2D eigenvalue weighted by molar-refractivity contribution is 0.0682. The molecule has 0 heterocycles. The van der Waals surface area contributed by atoms with Gasteiger partial charge in [0.05, 0.1) is 23.5 Å². The van der Waals surface area contributed by atoms with E-state index in [1.54, 1.807) is 36.4 Å². The molecule has 72 heavy (non-hydrogen) atoms. The third kappa shape index (κ3) is 12.6. The monoisotopic (exact) mass is 1010 g/mol. The number of hydrogen-bond acceptors (Lipinski definition) is 4. The molecule has 0 saturated heterocycles. The van der Waals surface area contributed by atoms with E-state index in [9.17, 15) is 9.59 Å². The van der Waals surface area contributed by atoms with Crippen LogP contribution in [0.4, 0.5) is 0 Å². The SMILES string of the molecule is O=C(O)c1ccccc1SSc1ccccc1C(=O)O.c1ccc(C[P+](c2ccccc2)(c2ccccc2)c2ccccc2)cc1.c1ccc(C[P+](c2ccccc2)(c2ccccc2)c2ccccc2)cc1. The quantitative estimate of drug-likeness (QED) is 0.0787. The largest absolute Gasteiger partial charge is 0.478 e. The summed E-state index contributed by atoms with van der Waals surface area (Å²) in [6.45, 7) is 0. The van der Waals surface area contributed by atoms with E-state index in [4.69, 9.17) is 10.2 Å². The smallest absolute Gasteiger partial charge is 0.336 e. The zero-order valence-electron chi connectivity index (χ0n) is 39.5. The molecule has 0 aromatic heterocycles. The number of hydrogen-bond donors (Lipinski definition) is 2. The summed E-state index contributed by atoms with van der Waals surface area (Å²) in [7, 11) is -1.09. The summed E-state index contributed by atoms with van der Waals surface area (Å²) in [5.74, 6) is -2.00. The van der Waals surface area contributed by atoms with Gasteiger partial charge in [-0.1, -0.05) is 216 Å².